The molecule has 0 aliphatic carbocycles. The van der Waals surface area contributed by atoms with Crippen molar-refractivity contribution in [3.8, 4) is 5.69 Å². The molecule has 2 aromatic heterocycles. The Labute approximate surface area is 308 Å². The Morgan fingerprint density at radius 1 is 0.926 bits per heavy atom. The number of aromatic nitrogens is 3. The summed E-state index contributed by atoms with van der Waals surface area (Å²) in [5.74, 6) is -3.00. The molecular weight excluding hydrogens is 701 g/mol. The number of piperazine rings is 1. The molecule has 0 amide bonds. The molecule has 0 unspecified atom stereocenters. The lowest BCUT2D eigenvalue weighted by Gasteiger charge is -2.36. The smallest absolute Gasteiger partial charge is 0.341 e. The summed E-state index contributed by atoms with van der Waals surface area (Å²) in [6, 6.07) is 11.3. The summed E-state index contributed by atoms with van der Waals surface area (Å²) >= 11 is 0. The van der Waals surface area contributed by atoms with E-state index >= 15 is 4.39 Å². The van der Waals surface area contributed by atoms with Crippen molar-refractivity contribution >= 4 is 45.7 Å². The third-order valence-corrected chi connectivity index (χ3v) is 10.2. The average Bonchev–Trinajstić information content (AvgIpc) is 3.56. The molecule has 0 atom stereocenters. The number of hydrogen-bond acceptors (Lipinski definition) is 9. The molecule has 4 heterocycles. The maximum absolute atomic E-state index is 15.6. The van der Waals surface area contributed by atoms with Gasteiger partial charge in [0.25, 0.3) is 5.56 Å². The number of aromatic carboxylic acids is 1. The van der Waals surface area contributed by atoms with E-state index in [1.165, 1.54) is 17.2 Å². The van der Waals surface area contributed by atoms with Crippen LogP contribution in [0.2, 0.25) is 0 Å². The van der Waals surface area contributed by atoms with Gasteiger partial charge < -0.3 is 30.1 Å². The van der Waals surface area contributed by atoms with Crippen LogP contribution in [0.25, 0.3) is 16.6 Å². The SMILES string of the molecule is CCc1cc(Nc2nc3c(c(=O)[nH]2)NCN3CCCCCN2CCN(c3cc4c(cc3F)c(=O)c(C(=O)O)cn4-c3ccc(F)cc3F)CC2)ccc1C. The Hall–Kier alpha value is -5.83. The first-order chi connectivity index (χ1) is 26.0. The van der Waals surface area contributed by atoms with Crippen molar-refractivity contribution in [2.24, 2.45) is 0 Å². The molecule has 5 aromatic rings. The van der Waals surface area contributed by atoms with Gasteiger partial charge in [0.05, 0.1) is 23.6 Å². The fourth-order valence-electron chi connectivity index (χ4n) is 7.24. The van der Waals surface area contributed by atoms with Crippen molar-refractivity contribution in [1.82, 2.24) is 19.4 Å². The number of carboxylic acids is 1. The van der Waals surface area contributed by atoms with Crippen LogP contribution < -0.4 is 31.4 Å². The number of anilines is 5. The summed E-state index contributed by atoms with van der Waals surface area (Å²) in [5, 5.41) is 15.8. The summed E-state index contributed by atoms with van der Waals surface area (Å²) in [7, 11) is 0. The molecule has 2 aliphatic rings. The topological polar surface area (TPSA) is 139 Å². The van der Waals surface area contributed by atoms with E-state index in [-0.39, 0.29) is 27.8 Å². The monoisotopic (exact) mass is 742 g/mol. The van der Waals surface area contributed by atoms with Gasteiger partial charge in [0.1, 0.15) is 28.7 Å². The summed E-state index contributed by atoms with van der Waals surface area (Å²) in [6.07, 6.45) is 4.70. The first-order valence-corrected chi connectivity index (χ1v) is 18.1. The largest absolute Gasteiger partial charge is 0.477 e. The van der Waals surface area contributed by atoms with Crippen molar-refractivity contribution in [1.29, 1.82) is 0 Å². The van der Waals surface area contributed by atoms with E-state index in [9.17, 15) is 28.3 Å². The number of nitrogens with zero attached hydrogens (tertiary/aromatic N) is 5. The van der Waals surface area contributed by atoms with Crippen molar-refractivity contribution in [2.45, 2.75) is 39.5 Å². The van der Waals surface area contributed by atoms with Crippen LogP contribution in [0.15, 0.2) is 64.3 Å². The second-order valence-electron chi connectivity index (χ2n) is 13.7. The Morgan fingerprint density at radius 3 is 2.43 bits per heavy atom. The first kappa shape index (κ1) is 36.5. The van der Waals surface area contributed by atoms with Gasteiger partial charge in [-0.25, -0.2) is 18.0 Å². The zero-order chi connectivity index (χ0) is 38.1. The first-order valence-electron chi connectivity index (χ1n) is 18.1. The second kappa shape index (κ2) is 15.3. The molecule has 2 aliphatic heterocycles. The van der Waals surface area contributed by atoms with Crippen LogP contribution in [0, 0.1) is 24.4 Å². The van der Waals surface area contributed by atoms with Crippen LogP contribution >= 0.6 is 0 Å². The van der Waals surface area contributed by atoms with E-state index in [0.717, 1.165) is 73.4 Å². The van der Waals surface area contributed by atoms with E-state index in [1.54, 1.807) is 0 Å². The summed E-state index contributed by atoms with van der Waals surface area (Å²) in [4.78, 5) is 51.4. The maximum atomic E-state index is 15.6. The van der Waals surface area contributed by atoms with Gasteiger partial charge in [0, 0.05) is 56.1 Å². The van der Waals surface area contributed by atoms with Crippen molar-refractivity contribution in [2.75, 3.05) is 66.4 Å². The quantitative estimate of drug-likeness (QED) is 0.113. The van der Waals surface area contributed by atoms with E-state index in [4.69, 9.17) is 4.98 Å². The molecule has 0 bridgehead atoms. The molecule has 4 N–H and O–H groups in total. The van der Waals surface area contributed by atoms with Crippen molar-refractivity contribution < 1.29 is 23.1 Å². The average molecular weight is 743 g/mol. The fraction of sp³-hybridized carbons (Fsp3) is 0.333. The summed E-state index contributed by atoms with van der Waals surface area (Å²) in [5.41, 5.74) is 2.13. The normalized spacial score (nSPS) is 14.4. The van der Waals surface area contributed by atoms with Crippen LogP contribution in [-0.4, -0.2) is 76.4 Å². The zero-order valence-electron chi connectivity index (χ0n) is 30.0. The minimum Gasteiger partial charge on any atom is -0.477 e. The van der Waals surface area contributed by atoms with Gasteiger partial charge in [-0.1, -0.05) is 19.4 Å². The number of carbonyl (C=O) groups is 1. The lowest BCUT2D eigenvalue weighted by atomic mass is 10.1. The van der Waals surface area contributed by atoms with Gasteiger partial charge in [0.15, 0.2) is 5.82 Å². The fourth-order valence-corrected chi connectivity index (χ4v) is 7.24. The number of carboxylic acid groups (broad SMARTS) is 1. The number of benzene rings is 3. The van der Waals surface area contributed by atoms with Gasteiger partial charge in [-0.15, -0.1) is 0 Å². The zero-order valence-corrected chi connectivity index (χ0v) is 30.0. The molecule has 7 rings (SSSR count). The standard InChI is InChI=1S/C39H41F3N8O4/c1-3-24-17-26(9-7-23(24)2)44-39-45-36-34(37(52)46-39)43-22-49(36)12-6-4-5-11-47-13-15-48(16-14-47)33-20-32-27(19-30(33)42)35(51)28(38(53)54)21-50(32)31-10-8-25(40)18-29(31)41/h7-10,17-21,43H,3-6,11-16,22H2,1-2H3,(H,53,54)(H2,44,45,46,52). The third-order valence-electron chi connectivity index (χ3n) is 10.2. The van der Waals surface area contributed by atoms with Gasteiger partial charge in [-0.05, 0) is 80.3 Å². The molecule has 54 heavy (non-hydrogen) atoms. The molecule has 15 heteroatoms. The number of unbranched alkanes of at least 4 members (excludes halogenated alkanes) is 2. The molecular formula is C39H41F3N8O4. The van der Waals surface area contributed by atoms with Gasteiger partial charge in [-0.2, -0.15) is 4.98 Å². The molecule has 3 aromatic carbocycles. The van der Waals surface area contributed by atoms with Gasteiger partial charge in [0.2, 0.25) is 11.4 Å². The number of rotatable bonds is 12. The highest BCUT2D eigenvalue weighted by molar-refractivity contribution is 5.94. The molecule has 12 nitrogen and oxygen atoms in total. The van der Waals surface area contributed by atoms with Gasteiger partial charge >= 0.3 is 5.97 Å². The van der Waals surface area contributed by atoms with Crippen LogP contribution in [0.5, 0.6) is 0 Å². The third kappa shape index (κ3) is 7.36. The molecule has 0 radical (unpaired) electrons. The van der Waals surface area contributed by atoms with Crippen LogP contribution in [0.1, 0.15) is 47.7 Å². The van der Waals surface area contributed by atoms with Crippen LogP contribution in [0.3, 0.4) is 0 Å². The molecule has 1 fully saturated rings. The van der Waals surface area contributed by atoms with Crippen molar-refractivity contribution in [3.63, 3.8) is 0 Å². The molecule has 0 saturated carbocycles. The number of hydrogen-bond donors (Lipinski definition) is 4. The lowest BCUT2D eigenvalue weighted by Crippen LogP contribution is -2.47. The Balaban J connectivity index is 0.952. The highest BCUT2D eigenvalue weighted by atomic mass is 19.1. The number of pyridine rings is 1. The van der Waals surface area contributed by atoms with E-state index in [0.29, 0.717) is 56.4 Å². The Kier molecular flexibility index (Phi) is 10.3. The predicted molar refractivity (Wildman–Crippen MR) is 203 cm³/mol. The number of fused-ring (bicyclic) bond motifs is 2. The Morgan fingerprint density at radius 2 is 1.69 bits per heavy atom. The molecule has 0 spiro atoms. The minimum atomic E-state index is -1.54. The van der Waals surface area contributed by atoms with Crippen LogP contribution in [0.4, 0.5) is 42.0 Å². The second-order valence-corrected chi connectivity index (χ2v) is 13.7. The van der Waals surface area contributed by atoms with E-state index < -0.39 is 34.4 Å². The highest BCUT2D eigenvalue weighted by Gasteiger charge is 2.26. The molecule has 1 saturated heterocycles. The minimum absolute atomic E-state index is 0.106. The number of aryl methyl sites for hydroxylation is 2. The lowest BCUT2D eigenvalue weighted by molar-refractivity contribution is 0.0695. The predicted octanol–water partition coefficient (Wildman–Crippen LogP) is 5.99. The Bertz CT molecular complexity index is 2360. The van der Waals surface area contributed by atoms with Crippen LogP contribution in [-0.2, 0) is 6.42 Å². The van der Waals surface area contributed by atoms with E-state index in [2.05, 4.69) is 45.3 Å². The van der Waals surface area contributed by atoms with Gasteiger partial charge in [-0.3, -0.25) is 19.5 Å². The number of nitrogens with one attached hydrogen (secondary N) is 3. The number of H-pyrrole nitrogens is 1. The van der Waals surface area contributed by atoms with E-state index in [1.807, 2.05) is 17.0 Å². The highest BCUT2D eigenvalue weighted by Crippen LogP contribution is 2.30. The maximum Gasteiger partial charge on any atom is 0.341 e. The number of aromatic amines is 1. The summed E-state index contributed by atoms with van der Waals surface area (Å²) in [6.45, 7) is 8.61. The van der Waals surface area contributed by atoms with Crippen molar-refractivity contribution in [3.05, 3.63) is 109 Å². The molecule has 282 valence electrons. The number of halogens is 3. The summed E-state index contributed by atoms with van der Waals surface area (Å²) < 4.78 is 45.3.